The molecule has 0 amide bonds. The third-order valence-electron chi connectivity index (χ3n) is 4.55. The first-order valence-corrected chi connectivity index (χ1v) is 9.56. The zero-order chi connectivity index (χ0) is 19.2. The van der Waals surface area contributed by atoms with Crippen LogP contribution in [0, 0.1) is 20.8 Å². The molecule has 0 radical (unpaired) electrons. The van der Waals surface area contributed by atoms with Crippen LogP contribution in [-0.4, -0.2) is 10.0 Å². The molecule has 0 fully saturated rings. The van der Waals surface area contributed by atoms with Crippen LogP contribution in [0.1, 0.15) is 27.9 Å². The highest BCUT2D eigenvalue weighted by molar-refractivity contribution is 7.80. The monoisotopic (exact) mass is 376 g/mol. The van der Waals surface area contributed by atoms with Gasteiger partial charge in [-0.3, -0.25) is 0 Å². The highest BCUT2D eigenvalue weighted by atomic mass is 32.1. The molecule has 0 atom stereocenters. The molecule has 2 N–H and O–H groups in total. The number of pyridine rings is 1. The molecular formula is C23H26N3S+. The maximum absolute atomic E-state index is 5.79. The van der Waals surface area contributed by atoms with Crippen LogP contribution in [0.5, 0.6) is 0 Å². The van der Waals surface area contributed by atoms with Crippen LogP contribution in [0.3, 0.4) is 0 Å². The van der Waals surface area contributed by atoms with Crippen molar-refractivity contribution in [3.63, 3.8) is 0 Å². The van der Waals surface area contributed by atoms with Crippen LogP contribution >= 0.6 is 12.2 Å². The minimum Gasteiger partial charge on any atom is -0.334 e. The second-order valence-electron chi connectivity index (χ2n) is 6.98. The average Bonchev–Trinajstić information content (AvgIpc) is 2.66. The highest BCUT2D eigenvalue weighted by Crippen LogP contribution is 2.18. The van der Waals surface area contributed by atoms with Gasteiger partial charge in [0.15, 0.2) is 17.0 Å². The number of H-pyrrole nitrogens is 1. The summed E-state index contributed by atoms with van der Waals surface area (Å²) in [5.41, 5.74) is 7.08. The fourth-order valence-electron chi connectivity index (χ4n) is 2.91. The van der Waals surface area contributed by atoms with Crippen molar-refractivity contribution in [3.05, 3.63) is 94.8 Å². The Morgan fingerprint density at radius 3 is 2.37 bits per heavy atom. The van der Waals surface area contributed by atoms with E-state index in [4.69, 9.17) is 12.2 Å². The van der Waals surface area contributed by atoms with Gasteiger partial charge in [-0.1, -0.05) is 48.0 Å². The molecule has 3 aromatic rings. The van der Waals surface area contributed by atoms with Crippen LogP contribution in [-0.2, 0) is 13.1 Å². The van der Waals surface area contributed by atoms with Gasteiger partial charge in [0.1, 0.15) is 6.54 Å². The van der Waals surface area contributed by atoms with Gasteiger partial charge in [-0.25, -0.2) is 4.98 Å². The van der Waals surface area contributed by atoms with Gasteiger partial charge in [-0.15, -0.1) is 0 Å². The summed E-state index contributed by atoms with van der Waals surface area (Å²) in [6.45, 7) is 7.76. The van der Waals surface area contributed by atoms with Crippen molar-refractivity contribution in [2.45, 2.75) is 33.9 Å². The molecule has 27 heavy (non-hydrogen) atoms. The van der Waals surface area contributed by atoms with Crippen molar-refractivity contribution in [2.24, 2.45) is 0 Å². The summed E-state index contributed by atoms with van der Waals surface area (Å²) in [5, 5.41) is 4.17. The number of aryl methyl sites for hydroxylation is 3. The predicted molar refractivity (Wildman–Crippen MR) is 116 cm³/mol. The largest absolute Gasteiger partial charge is 0.334 e. The van der Waals surface area contributed by atoms with E-state index < -0.39 is 0 Å². The molecular weight excluding hydrogens is 350 g/mol. The number of anilines is 1. The van der Waals surface area contributed by atoms with Gasteiger partial charge in [-0.2, -0.15) is 0 Å². The number of thiocarbonyl (C=S) groups is 1. The molecule has 0 aliphatic rings. The van der Waals surface area contributed by atoms with Gasteiger partial charge in [-0.05, 0) is 55.7 Å². The maximum atomic E-state index is 5.79. The number of nitrogens with one attached hydrogen (secondary N) is 2. The first kappa shape index (κ1) is 19.1. The molecule has 3 nitrogen and oxygen atoms in total. The smallest absolute Gasteiger partial charge is 0.199 e. The maximum Gasteiger partial charge on any atom is 0.199 e. The zero-order valence-electron chi connectivity index (χ0n) is 16.1. The summed E-state index contributed by atoms with van der Waals surface area (Å²) in [6.07, 6.45) is 1.95. The van der Waals surface area contributed by atoms with Gasteiger partial charge in [0, 0.05) is 24.4 Å². The summed E-state index contributed by atoms with van der Waals surface area (Å²) in [7, 11) is 0. The Labute approximate surface area is 167 Å². The molecule has 0 aliphatic heterocycles. The Morgan fingerprint density at radius 1 is 0.926 bits per heavy atom. The second kappa shape index (κ2) is 8.78. The predicted octanol–water partition coefficient (Wildman–Crippen LogP) is 4.83. The molecule has 3 rings (SSSR count). The number of hydrogen-bond acceptors (Lipinski definition) is 1. The molecule has 1 aromatic heterocycles. The van der Waals surface area contributed by atoms with E-state index in [1.165, 1.54) is 22.3 Å². The summed E-state index contributed by atoms with van der Waals surface area (Å²) >= 11 is 5.79. The van der Waals surface area contributed by atoms with Crippen molar-refractivity contribution in [3.8, 4) is 0 Å². The second-order valence-corrected chi connectivity index (χ2v) is 7.36. The molecule has 0 unspecified atom stereocenters. The summed E-state index contributed by atoms with van der Waals surface area (Å²) < 4.78 is 0. The third kappa shape index (κ3) is 5.38. The number of benzene rings is 2. The number of aromatic nitrogens is 1. The molecule has 0 bridgehead atoms. The Kier molecular flexibility index (Phi) is 6.20. The molecule has 0 saturated heterocycles. The molecule has 0 aliphatic carbocycles. The fourth-order valence-corrected chi connectivity index (χ4v) is 3.15. The highest BCUT2D eigenvalue weighted by Gasteiger charge is 2.15. The first-order valence-electron chi connectivity index (χ1n) is 9.15. The lowest BCUT2D eigenvalue weighted by Crippen LogP contribution is -2.35. The fraction of sp³-hybridized carbons (Fsp3) is 0.217. The summed E-state index contributed by atoms with van der Waals surface area (Å²) in [4.78, 5) is 5.49. The molecule has 0 saturated carbocycles. The molecule has 2 aromatic carbocycles. The number of nitrogens with zero attached hydrogens (tertiary/aromatic N) is 1. The van der Waals surface area contributed by atoms with Crippen LogP contribution in [0.15, 0.2) is 66.9 Å². The van der Waals surface area contributed by atoms with Gasteiger partial charge >= 0.3 is 0 Å². The lowest BCUT2D eigenvalue weighted by Gasteiger charge is -2.25. The topological polar surface area (TPSA) is 29.4 Å². The van der Waals surface area contributed by atoms with E-state index in [-0.39, 0.29) is 0 Å². The number of hydrogen-bond donors (Lipinski definition) is 1. The van der Waals surface area contributed by atoms with E-state index in [1.54, 1.807) is 0 Å². The van der Waals surface area contributed by atoms with Gasteiger partial charge in [0.2, 0.25) is 0 Å². The Morgan fingerprint density at radius 2 is 1.67 bits per heavy atom. The minimum absolute atomic E-state index is 0.714. The standard InChI is InChI=1S/C23H25N3S/c1-17-8-11-20(12-9-17)15-26(16-21-6-4-5-13-24-21)23(27)25-22-14-18(2)7-10-19(22)3/h4-14H,15-16H2,1-3H3,(H,25,27)/p+1. The number of aromatic amines is 1. The molecule has 1 heterocycles. The Bertz CT molecular complexity index is 905. The molecule has 4 heteroatoms. The normalized spacial score (nSPS) is 10.5. The van der Waals surface area contributed by atoms with Crippen molar-refractivity contribution < 1.29 is 4.98 Å². The average molecular weight is 377 g/mol. The van der Waals surface area contributed by atoms with E-state index in [0.29, 0.717) is 6.54 Å². The van der Waals surface area contributed by atoms with E-state index in [9.17, 15) is 0 Å². The Balaban J connectivity index is 1.82. The zero-order valence-corrected chi connectivity index (χ0v) is 16.9. The molecule has 138 valence electrons. The number of rotatable bonds is 5. The van der Waals surface area contributed by atoms with Crippen LogP contribution in [0.25, 0.3) is 0 Å². The van der Waals surface area contributed by atoms with Crippen LogP contribution < -0.4 is 10.3 Å². The van der Waals surface area contributed by atoms with E-state index in [0.717, 1.165) is 23.0 Å². The summed E-state index contributed by atoms with van der Waals surface area (Å²) in [6, 6.07) is 21.1. The van der Waals surface area contributed by atoms with Crippen molar-refractivity contribution in [1.29, 1.82) is 0 Å². The van der Waals surface area contributed by atoms with Crippen LogP contribution in [0.4, 0.5) is 5.69 Å². The van der Waals surface area contributed by atoms with Gasteiger partial charge in [0.25, 0.3) is 0 Å². The SMILES string of the molecule is Cc1ccc(CN(Cc2cccc[nH+]2)C(=S)Nc2cc(C)ccc2C)cc1. The third-order valence-corrected chi connectivity index (χ3v) is 4.91. The van der Waals surface area contributed by atoms with Gasteiger partial charge in [0.05, 0.1) is 0 Å². The molecule has 0 spiro atoms. The summed E-state index contributed by atoms with van der Waals surface area (Å²) in [5.74, 6) is 0. The lowest BCUT2D eigenvalue weighted by atomic mass is 10.1. The lowest BCUT2D eigenvalue weighted by molar-refractivity contribution is -0.392. The van der Waals surface area contributed by atoms with Crippen molar-refractivity contribution >= 4 is 23.0 Å². The van der Waals surface area contributed by atoms with Crippen molar-refractivity contribution in [2.75, 3.05) is 5.32 Å². The van der Waals surface area contributed by atoms with Crippen LogP contribution in [0.2, 0.25) is 0 Å². The Hall–Kier alpha value is -2.72. The quantitative estimate of drug-likeness (QED) is 0.647. The van der Waals surface area contributed by atoms with Gasteiger partial charge < -0.3 is 10.2 Å². The van der Waals surface area contributed by atoms with E-state index >= 15 is 0 Å². The first-order chi connectivity index (χ1) is 13.0. The van der Waals surface area contributed by atoms with Crippen molar-refractivity contribution in [1.82, 2.24) is 4.90 Å². The van der Waals surface area contributed by atoms with E-state index in [2.05, 4.69) is 84.5 Å². The minimum atomic E-state index is 0.714. The van der Waals surface area contributed by atoms with E-state index in [1.807, 2.05) is 18.3 Å².